The molecule has 2 N–H and O–H groups in total. The van der Waals surface area contributed by atoms with Crippen LogP contribution >= 0.6 is 11.3 Å². The second-order valence-corrected chi connectivity index (χ2v) is 7.12. The third kappa shape index (κ3) is 5.08. The molecule has 0 radical (unpaired) electrons. The van der Waals surface area contributed by atoms with Crippen LogP contribution < -0.4 is 10.6 Å². The van der Waals surface area contributed by atoms with E-state index in [1.807, 2.05) is 47.8 Å². The van der Waals surface area contributed by atoms with Gasteiger partial charge in [0.15, 0.2) is 6.10 Å². The molecule has 8 nitrogen and oxygen atoms in total. The largest absolute Gasteiger partial charge is 0.449 e. The van der Waals surface area contributed by atoms with Gasteiger partial charge in [0.2, 0.25) is 0 Å². The standard InChI is InChI=1S/C20H20N4O4S/c1-13(18(25)22-20(27)21-2)28-19(26)15-12-24(11-14-7-4-3-5-8-14)23-17(15)16-9-6-10-29-16/h3-10,12-13H,11H2,1-2H3,(H2,21,22,25,27)/t13-/m0/s1. The SMILES string of the molecule is CNC(=O)NC(=O)[C@H](C)OC(=O)c1cn(Cc2ccccc2)nc1-c1cccs1. The summed E-state index contributed by atoms with van der Waals surface area (Å²) in [7, 11) is 1.38. The first-order valence-electron chi connectivity index (χ1n) is 8.86. The van der Waals surface area contributed by atoms with Crippen LogP contribution in [0.1, 0.15) is 22.8 Å². The summed E-state index contributed by atoms with van der Waals surface area (Å²) in [6.45, 7) is 1.88. The van der Waals surface area contributed by atoms with E-state index < -0.39 is 24.0 Å². The molecule has 0 aliphatic heterocycles. The highest BCUT2D eigenvalue weighted by molar-refractivity contribution is 7.13. The monoisotopic (exact) mass is 412 g/mol. The molecule has 150 valence electrons. The van der Waals surface area contributed by atoms with E-state index in [1.165, 1.54) is 25.3 Å². The predicted molar refractivity (Wildman–Crippen MR) is 109 cm³/mol. The van der Waals surface area contributed by atoms with Crippen molar-refractivity contribution in [2.75, 3.05) is 7.05 Å². The number of ether oxygens (including phenoxy) is 1. The van der Waals surface area contributed by atoms with Crippen LogP contribution in [0.15, 0.2) is 54.0 Å². The molecule has 0 aliphatic rings. The molecule has 29 heavy (non-hydrogen) atoms. The van der Waals surface area contributed by atoms with Gasteiger partial charge in [0.05, 0.1) is 11.4 Å². The Labute approximate surface area is 171 Å². The van der Waals surface area contributed by atoms with E-state index >= 15 is 0 Å². The number of esters is 1. The average molecular weight is 412 g/mol. The highest BCUT2D eigenvalue weighted by Gasteiger charge is 2.25. The van der Waals surface area contributed by atoms with Gasteiger partial charge in [-0.2, -0.15) is 5.10 Å². The number of imide groups is 1. The van der Waals surface area contributed by atoms with Crippen molar-refractivity contribution in [2.45, 2.75) is 19.6 Å². The van der Waals surface area contributed by atoms with Crippen LogP contribution in [-0.2, 0) is 16.1 Å². The van der Waals surface area contributed by atoms with Gasteiger partial charge in [-0.25, -0.2) is 9.59 Å². The van der Waals surface area contributed by atoms with Gasteiger partial charge in [-0.15, -0.1) is 11.3 Å². The Balaban J connectivity index is 1.82. The number of amides is 3. The van der Waals surface area contributed by atoms with Crippen LogP contribution in [0.25, 0.3) is 10.6 Å². The summed E-state index contributed by atoms with van der Waals surface area (Å²) in [5.74, 6) is -1.40. The van der Waals surface area contributed by atoms with E-state index in [-0.39, 0.29) is 5.56 Å². The van der Waals surface area contributed by atoms with E-state index in [0.717, 1.165) is 10.4 Å². The van der Waals surface area contributed by atoms with Gasteiger partial charge < -0.3 is 10.1 Å². The van der Waals surface area contributed by atoms with Crippen LogP contribution in [0, 0.1) is 0 Å². The number of nitrogens with one attached hydrogen (secondary N) is 2. The third-order valence-corrected chi connectivity index (χ3v) is 4.92. The molecule has 3 amide bonds. The average Bonchev–Trinajstić information content (AvgIpc) is 3.38. The van der Waals surface area contributed by atoms with E-state index in [4.69, 9.17) is 4.74 Å². The summed E-state index contributed by atoms with van der Waals surface area (Å²) in [5, 5.41) is 10.8. The minimum atomic E-state index is -1.14. The summed E-state index contributed by atoms with van der Waals surface area (Å²) in [6.07, 6.45) is 0.460. The maximum absolute atomic E-state index is 12.7. The summed E-state index contributed by atoms with van der Waals surface area (Å²) >= 11 is 1.45. The number of carbonyl (C=O) groups excluding carboxylic acids is 3. The smallest absolute Gasteiger partial charge is 0.342 e. The summed E-state index contributed by atoms with van der Waals surface area (Å²) < 4.78 is 6.93. The Hall–Kier alpha value is -3.46. The number of nitrogens with zero attached hydrogens (tertiary/aromatic N) is 2. The first-order valence-corrected chi connectivity index (χ1v) is 9.74. The van der Waals surface area contributed by atoms with Crippen molar-refractivity contribution >= 4 is 29.2 Å². The number of benzene rings is 1. The molecule has 0 unspecified atom stereocenters. The molecule has 0 spiro atoms. The van der Waals surface area contributed by atoms with Crippen LogP contribution in [0.3, 0.4) is 0 Å². The van der Waals surface area contributed by atoms with E-state index in [0.29, 0.717) is 12.2 Å². The van der Waals surface area contributed by atoms with Crippen molar-refractivity contribution in [1.29, 1.82) is 0 Å². The van der Waals surface area contributed by atoms with Gasteiger partial charge >= 0.3 is 12.0 Å². The van der Waals surface area contributed by atoms with Crippen LogP contribution in [0.4, 0.5) is 4.79 Å². The first-order chi connectivity index (χ1) is 14.0. The summed E-state index contributed by atoms with van der Waals surface area (Å²) in [6, 6.07) is 12.8. The number of rotatable bonds is 6. The highest BCUT2D eigenvalue weighted by Crippen LogP contribution is 2.27. The molecule has 1 atom stereocenters. The number of urea groups is 1. The lowest BCUT2D eigenvalue weighted by Gasteiger charge is -2.12. The van der Waals surface area contributed by atoms with Crippen LogP contribution in [0.5, 0.6) is 0 Å². The molecular formula is C20H20N4O4S. The lowest BCUT2D eigenvalue weighted by atomic mass is 10.2. The molecule has 3 aromatic rings. The van der Waals surface area contributed by atoms with Gasteiger partial charge in [0.1, 0.15) is 11.3 Å². The minimum Gasteiger partial charge on any atom is -0.449 e. The second kappa shape index (κ2) is 9.16. The molecule has 2 heterocycles. The fourth-order valence-corrected chi connectivity index (χ4v) is 3.29. The molecule has 9 heteroatoms. The van der Waals surface area contributed by atoms with Crippen molar-refractivity contribution in [3.63, 3.8) is 0 Å². The first kappa shape index (κ1) is 20.3. The van der Waals surface area contributed by atoms with Crippen molar-refractivity contribution in [3.8, 4) is 10.6 Å². The van der Waals surface area contributed by atoms with E-state index in [2.05, 4.69) is 15.7 Å². The lowest BCUT2D eigenvalue weighted by Crippen LogP contribution is -2.43. The van der Waals surface area contributed by atoms with Crippen molar-refractivity contribution in [3.05, 3.63) is 65.2 Å². The fraction of sp³-hybridized carbons (Fsp3) is 0.200. The maximum Gasteiger partial charge on any atom is 0.342 e. The van der Waals surface area contributed by atoms with Crippen LogP contribution in [-0.4, -0.2) is 40.8 Å². The molecule has 2 aromatic heterocycles. The zero-order chi connectivity index (χ0) is 20.8. The zero-order valence-corrected chi connectivity index (χ0v) is 16.7. The quantitative estimate of drug-likeness (QED) is 0.606. The topological polar surface area (TPSA) is 102 Å². The Morgan fingerprint density at radius 3 is 2.59 bits per heavy atom. The molecule has 1 aromatic carbocycles. The van der Waals surface area contributed by atoms with E-state index in [1.54, 1.807) is 10.9 Å². The number of hydrogen-bond acceptors (Lipinski definition) is 6. The Bertz CT molecular complexity index is 999. The number of carbonyl (C=O) groups is 3. The fourth-order valence-electron chi connectivity index (χ4n) is 2.57. The Morgan fingerprint density at radius 1 is 1.17 bits per heavy atom. The predicted octanol–water partition coefficient (Wildman–Crippen LogP) is 2.66. The van der Waals surface area contributed by atoms with Gasteiger partial charge in [-0.05, 0) is 23.9 Å². The third-order valence-electron chi connectivity index (χ3n) is 4.04. The zero-order valence-electron chi connectivity index (χ0n) is 15.9. The van der Waals surface area contributed by atoms with Crippen molar-refractivity contribution < 1.29 is 19.1 Å². The molecule has 0 bridgehead atoms. The van der Waals surface area contributed by atoms with Crippen molar-refractivity contribution in [2.24, 2.45) is 0 Å². The molecule has 0 saturated heterocycles. The highest BCUT2D eigenvalue weighted by atomic mass is 32.1. The van der Waals surface area contributed by atoms with Crippen molar-refractivity contribution in [1.82, 2.24) is 20.4 Å². The lowest BCUT2D eigenvalue weighted by molar-refractivity contribution is -0.127. The maximum atomic E-state index is 12.7. The number of aromatic nitrogens is 2. The summed E-state index contributed by atoms with van der Waals surface area (Å²) in [4.78, 5) is 36.8. The van der Waals surface area contributed by atoms with Gasteiger partial charge in [0, 0.05) is 13.2 Å². The molecular weight excluding hydrogens is 392 g/mol. The second-order valence-electron chi connectivity index (χ2n) is 6.17. The molecule has 0 saturated carbocycles. The van der Waals surface area contributed by atoms with E-state index in [9.17, 15) is 14.4 Å². The van der Waals surface area contributed by atoms with Gasteiger partial charge in [-0.3, -0.25) is 14.8 Å². The molecule has 0 aliphatic carbocycles. The Kier molecular flexibility index (Phi) is 6.40. The number of thiophene rings is 1. The minimum absolute atomic E-state index is 0.253. The Morgan fingerprint density at radius 2 is 1.93 bits per heavy atom. The van der Waals surface area contributed by atoms with Gasteiger partial charge in [-0.1, -0.05) is 36.4 Å². The normalized spacial score (nSPS) is 11.5. The molecule has 3 rings (SSSR count). The van der Waals surface area contributed by atoms with Gasteiger partial charge in [0.25, 0.3) is 5.91 Å². The number of hydrogen-bond donors (Lipinski definition) is 2. The molecule has 0 fully saturated rings. The van der Waals surface area contributed by atoms with Crippen LogP contribution in [0.2, 0.25) is 0 Å². The summed E-state index contributed by atoms with van der Waals surface area (Å²) in [5.41, 5.74) is 1.77.